The van der Waals surface area contributed by atoms with E-state index in [4.69, 9.17) is 4.98 Å². The van der Waals surface area contributed by atoms with Crippen LogP contribution in [0.25, 0.3) is 0 Å². The molecular weight excluding hydrogens is 549 g/mol. The molecule has 0 amide bonds. The summed E-state index contributed by atoms with van der Waals surface area (Å²) in [5.41, 5.74) is 3.51. The number of rotatable bonds is 6. The van der Waals surface area contributed by atoms with Crippen LogP contribution in [-0.4, -0.2) is 19.9 Å². The number of nitrogens with zero attached hydrogens (tertiary/aromatic N) is 4. The minimum atomic E-state index is 0. The number of nitrogens with one attached hydrogen (secondary N) is 1. The average Bonchev–Trinajstić information content (AvgIpc) is 3.21. The van der Waals surface area contributed by atoms with E-state index in [2.05, 4.69) is 50.6 Å². The van der Waals surface area contributed by atoms with Gasteiger partial charge in [-0.2, -0.15) is 0 Å². The third-order valence-corrected chi connectivity index (χ3v) is 7.86. The van der Waals surface area contributed by atoms with Gasteiger partial charge in [-0.15, -0.1) is 48.6 Å². The molecule has 34 heavy (non-hydrogen) atoms. The Morgan fingerprint density at radius 1 is 0.912 bits per heavy atom. The Morgan fingerprint density at radius 2 is 1.71 bits per heavy atom. The number of aryl methyl sites for hydroxylation is 2. The fourth-order valence-electron chi connectivity index (χ4n) is 3.47. The fraction of sp³-hybridized carbons (Fsp3) is 0.217. The van der Waals surface area contributed by atoms with Gasteiger partial charge in [-0.05, 0) is 50.8 Å². The molecular formula is C23H24Cl3N5S3. The zero-order valence-corrected chi connectivity index (χ0v) is 23.2. The van der Waals surface area contributed by atoms with Gasteiger partial charge in [0.25, 0.3) is 0 Å². The van der Waals surface area contributed by atoms with E-state index in [0.717, 1.165) is 44.3 Å². The van der Waals surface area contributed by atoms with Crippen molar-refractivity contribution in [3.63, 3.8) is 0 Å². The van der Waals surface area contributed by atoms with Crippen molar-refractivity contribution >= 4 is 83.0 Å². The molecule has 5 rings (SSSR count). The van der Waals surface area contributed by atoms with E-state index in [1.807, 2.05) is 24.6 Å². The van der Waals surface area contributed by atoms with Crippen molar-refractivity contribution in [3.8, 4) is 0 Å². The smallest absolute Gasteiger partial charge is 0.188 e. The summed E-state index contributed by atoms with van der Waals surface area (Å²) in [6.45, 7) is 2.00. The summed E-state index contributed by atoms with van der Waals surface area (Å²) < 4.78 is 0. The number of fused-ring (bicyclic) bond motifs is 1. The van der Waals surface area contributed by atoms with Crippen LogP contribution < -0.4 is 5.32 Å². The first-order chi connectivity index (χ1) is 15.2. The Labute approximate surface area is 230 Å². The van der Waals surface area contributed by atoms with E-state index < -0.39 is 0 Å². The van der Waals surface area contributed by atoms with Gasteiger partial charge in [0.2, 0.25) is 0 Å². The average molecular weight is 573 g/mol. The van der Waals surface area contributed by atoms with Gasteiger partial charge in [0, 0.05) is 32.6 Å². The third kappa shape index (κ3) is 6.99. The second kappa shape index (κ2) is 13.5. The Morgan fingerprint density at radius 3 is 2.47 bits per heavy atom. The largest absolute Gasteiger partial charge is 0.315 e. The summed E-state index contributed by atoms with van der Waals surface area (Å²) in [5, 5.41) is 7.34. The quantitative estimate of drug-likeness (QED) is 0.236. The van der Waals surface area contributed by atoms with Crippen molar-refractivity contribution < 1.29 is 0 Å². The van der Waals surface area contributed by atoms with Gasteiger partial charge in [-0.25, -0.2) is 19.9 Å². The summed E-state index contributed by atoms with van der Waals surface area (Å²) in [7, 11) is 0. The van der Waals surface area contributed by atoms with Crippen LogP contribution in [0, 0.1) is 6.92 Å². The molecule has 11 heteroatoms. The molecule has 0 aliphatic heterocycles. The van der Waals surface area contributed by atoms with Crippen LogP contribution in [0.2, 0.25) is 0 Å². The van der Waals surface area contributed by atoms with Crippen molar-refractivity contribution in [2.75, 3.05) is 5.32 Å². The SMILES string of the molecule is Cc1csc(Nc2ncc(Sc3ncnc4c3CCCC4)cc2Sc2ccccc2)n1.Cl.Cl.Cl. The maximum Gasteiger partial charge on any atom is 0.188 e. The molecule has 1 aliphatic carbocycles. The van der Waals surface area contributed by atoms with Crippen LogP contribution >= 0.6 is 72.1 Å². The van der Waals surface area contributed by atoms with Crippen LogP contribution in [0.1, 0.15) is 29.8 Å². The highest BCUT2D eigenvalue weighted by Crippen LogP contribution is 2.39. The molecule has 180 valence electrons. The van der Waals surface area contributed by atoms with Crippen molar-refractivity contribution in [2.45, 2.75) is 52.3 Å². The topological polar surface area (TPSA) is 63.6 Å². The first-order valence-corrected chi connectivity index (χ1v) is 12.7. The van der Waals surface area contributed by atoms with E-state index in [0.29, 0.717) is 0 Å². The Kier molecular flexibility index (Phi) is 11.4. The molecule has 0 radical (unpaired) electrons. The molecule has 3 aromatic heterocycles. The molecule has 1 aliphatic rings. The number of pyridine rings is 1. The van der Waals surface area contributed by atoms with E-state index in [1.54, 1.807) is 41.2 Å². The van der Waals surface area contributed by atoms with Crippen LogP contribution in [-0.2, 0) is 12.8 Å². The number of benzene rings is 1. The molecule has 0 bridgehead atoms. The van der Waals surface area contributed by atoms with Crippen LogP contribution in [0.3, 0.4) is 0 Å². The predicted octanol–water partition coefficient (Wildman–Crippen LogP) is 7.83. The van der Waals surface area contributed by atoms with Crippen LogP contribution in [0.15, 0.2) is 74.0 Å². The normalized spacial score (nSPS) is 11.9. The van der Waals surface area contributed by atoms with Gasteiger partial charge >= 0.3 is 0 Å². The highest BCUT2D eigenvalue weighted by molar-refractivity contribution is 8.00. The summed E-state index contributed by atoms with van der Waals surface area (Å²) in [6, 6.07) is 12.6. The van der Waals surface area contributed by atoms with E-state index in [-0.39, 0.29) is 37.2 Å². The molecule has 0 saturated heterocycles. The lowest BCUT2D eigenvalue weighted by atomic mass is 9.98. The first kappa shape index (κ1) is 28.7. The highest BCUT2D eigenvalue weighted by Gasteiger charge is 2.17. The lowest BCUT2D eigenvalue weighted by Crippen LogP contribution is -2.07. The van der Waals surface area contributed by atoms with Crippen molar-refractivity contribution in [1.29, 1.82) is 0 Å². The first-order valence-electron chi connectivity index (χ1n) is 10.2. The molecule has 5 nitrogen and oxygen atoms in total. The van der Waals surface area contributed by atoms with Crippen LogP contribution in [0.4, 0.5) is 10.9 Å². The van der Waals surface area contributed by atoms with Gasteiger partial charge in [0.1, 0.15) is 17.2 Å². The zero-order valence-electron chi connectivity index (χ0n) is 18.3. The number of halogens is 3. The van der Waals surface area contributed by atoms with E-state index in [1.165, 1.54) is 29.0 Å². The maximum absolute atomic E-state index is 4.76. The number of anilines is 2. The standard InChI is InChI=1S/C23H21N5S3.3ClH/c1-15-13-29-23(27-15)28-21-20(30-16-7-3-2-4-8-16)11-17(12-24-21)31-22-18-9-5-6-10-19(18)25-14-26-22;;;/h2-4,7-8,11-14H,5-6,9-10H2,1H3,(H,24,27,28);3*1H. The Hall–Kier alpha value is -1.55. The van der Waals surface area contributed by atoms with Crippen LogP contribution in [0.5, 0.6) is 0 Å². The summed E-state index contributed by atoms with van der Waals surface area (Å²) >= 11 is 4.97. The fourth-order valence-corrected chi connectivity index (χ4v) is 6.12. The molecule has 4 aromatic rings. The molecule has 0 atom stereocenters. The monoisotopic (exact) mass is 571 g/mol. The molecule has 0 saturated carbocycles. The highest BCUT2D eigenvalue weighted by atomic mass is 35.5. The summed E-state index contributed by atoms with van der Waals surface area (Å²) in [4.78, 5) is 21.7. The Balaban J connectivity index is 0.00000136. The lowest BCUT2D eigenvalue weighted by molar-refractivity contribution is 0.645. The third-order valence-electron chi connectivity index (χ3n) is 4.94. The maximum atomic E-state index is 4.76. The zero-order chi connectivity index (χ0) is 21.0. The molecule has 1 aromatic carbocycles. The second-order valence-electron chi connectivity index (χ2n) is 7.27. The molecule has 3 heterocycles. The Bertz CT molecular complexity index is 1210. The van der Waals surface area contributed by atoms with E-state index >= 15 is 0 Å². The minimum Gasteiger partial charge on any atom is -0.315 e. The van der Waals surface area contributed by atoms with Gasteiger partial charge in [-0.3, -0.25) is 0 Å². The summed E-state index contributed by atoms with van der Waals surface area (Å²) in [5.74, 6) is 0.817. The van der Waals surface area contributed by atoms with Crippen molar-refractivity contribution in [1.82, 2.24) is 19.9 Å². The van der Waals surface area contributed by atoms with Gasteiger partial charge < -0.3 is 5.32 Å². The van der Waals surface area contributed by atoms with Gasteiger partial charge in [0.05, 0.1) is 10.6 Å². The second-order valence-corrected chi connectivity index (χ2v) is 10.3. The van der Waals surface area contributed by atoms with E-state index in [9.17, 15) is 0 Å². The van der Waals surface area contributed by atoms with Crippen molar-refractivity contribution in [2.24, 2.45) is 0 Å². The molecule has 1 N–H and O–H groups in total. The molecule has 0 unspecified atom stereocenters. The van der Waals surface area contributed by atoms with Crippen molar-refractivity contribution in [3.05, 3.63) is 71.3 Å². The lowest BCUT2D eigenvalue weighted by Gasteiger charge is -2.17. The predicted molar refractivity (Wildman–Crippen MR) is 149 cm³/mol. The summed E-state index contributed by atoms with van der Waals surface area (Å²) in [6.07, 6.45) is 8.14. The van der Waals surface area contributed by atoms with Gasteiger partial charge in [-0.1, -0.05) is 41.7 Å². The number of hydrogen-bond acceptors (Lipinski definition) is 8. The minimum absolute atomic E-state index is 0. The molecule has 0 fully saturated rings. The van der Waals surface area contributed by atoms with Gasteiger partial charge in [0.15, 0.2) is 5.13 Å². The number of aromatic nitrogens is 4. The molecule has 0 spiro atoms. The number of thiazole rings is 1. The number of hydrogen-bond donors (Lipinski definition) is 1.